The first kappa shape index (κ1) is 15.1. The van der Waals surface area contributed by atoms with Crippen molar-refractivity contribution >= 4 is 17.2 Å². The molecule has 0 spiro atoms. The molecular weight excluding hydrogens is 301 g/mol. The van der Waals surface area contributed by atoms with E-state index in [1.807, 2.05) is 12.3 Å². The molecule has 2 aromatic rings. The molecule has 22 heavy (non-hydrogen) atoms. The Morgan fingerprint density at radius 2 is 2.23 bits per heavy atom. The number of amides is 1. The standard InChI is InChI=1S/C16H18FN3OS/c1-11-20-13(8-22-11)7-19-15(21)16(9-18-10-16)6-12-4-2-3-5-14(12)17/h2-5,8,18H,6-7,9-10H2,1H3,(H,19,21). The van der Waals surface area contributed by atoms with Crippen molar-refractivity contribution in [2.24, 2.45) is 5.41 Å². The second kappa shape index (κ2) is 6.14. The van der Waals surface area contributed by atoms with Crippen LogP contribution < -0.4 is 10.6 Å². The Morgan fingerprint density at radius 3 is 2.82 bits per heavy atom. The van der Waals surface area contributed by atoms with Gasteiger partial charge in [0.1, 0.15) is 5.82 Å². The van der Waals surface area contributed by atoms with E-state index in [9.17, 15) is 9.18 Å². The highest BCUT2D eigenvalue weighted by Gasteiger charge is 2.44. The van der Waals surface area contributed by atoms with Crippen LogP contribution in [-0.2, 0) is 17.8 Å². The molecule has 1 amide bonds. The number of hydrogen-bond acceptors (Lipinski definition) is 4. The van der Waals surface area contributed by atoms with E-state index in [0.29, 0.717) is 31.6 Å². The Kier molecular flexibility index (Phi) is 4.22. The molecule has 1 fully saturated rings. The number of rotatable bonds is 5. The quantitative estimate of drug-likeness (QED) is 0.887. The highest BCUT2D eigenvalue weighted by molar-refractivity contribution is 7.09. The van der Waals surface area contributed by atoms with Crippen LogP contribution in [0.4, 0.5) is 4.39 Å². The topological polar surface area (TPSA) is 54.0 Å². The van der Waals surface area contributed by atoms with Crippen LogP contribution in [0.15, 0.2) is 29.6 Å². The van der Waals surface area contributed by atoms with E-state index in [0.717, 1.165) is 10.7 Å². The Balaban J connectivity index is 1.67. The number of carbonyl (C=O) groups is 1. The first-order chi connectivity index (χ1) is 10.6. The summed E-state index contributed by atoms with van der Waals surface area (Å²) in [6.45, 7) is 3.50. The Hall–Kier alpha value is -1.79. The normalized spacial score (nSPS) is 16.1. The third-order valence-electron chi connectivity index (χ3n) is 3.99. The van der Waals surface area contributed by atoms with Gasteiger partial charge in [-0.25, -0.2) is 9.37 Å². The molecule has 0 saturated carbocycles. The summed E-state index contributed by atoms with van der Waals surface area (Å²) in [7, 11) is 0. The minimum atomic E-state index is -0.562. The Labute approximate surface area is 132 Å². The first-order valence-corrected chi connectivity index (χ1v) is 8.10. The third kappa shape index (κ3) is 3.03. The van der Waals surface area contributed by atoms with Crippen molar-refractivity contribution in [3.05, 3.63) is 51.7 Å². The van der Waals surface area contributed by atoms with E-state index in [1.165, 1.54) is 6.07 Å². The summed E-state index contributed by atoms with van der Waals surface area (Å²) in [6, 6.07) is 6.64. The van der Waals surface area contributed by atoms with E-state index in [4.69, 9.17) is 0 Å². The zero-order valence-electron chi connectivity index (χ0n) is 12.4. The Bertz CT molecular complexity index is 682. The van der Waals surface area contributed by atoms with Gasteiger partial charge in [0.05, 0.1) is 22.7 Å². The number of thiazole rings is 1. The van der Waals surface area contributed by atoms with Gasteiger partial charge in [0.15, 0.2) is 0 Å². The first-order valence-electron chi connectivity index (χ1n) is 7.22. The van der Waals surface area contributed by atoms with Gasteiger partial charge in [-0.1, -0.05) is 18.2 Å². The lowest BCUT2D eigenvalue weighted by molar-refractivity contribution is -0.134. The van der Waals surface area contributed by atoms with E-state index in [2.05, 4.69) is 15.6 Å². The number of benzene rings is 1. The average molecular weight is 319 g/mol. The van der Waals surface area contributed by atoms with Crippen molar-refractivity contribution in [3.63, 3.8) is 0 Å². The molecule has 2 N–H and O–H groups in total. The summed E-state index contributed by atoms with van der Waals surface area (Å²) in [5, 5.41) is 8.99. The van der Waals surface area contributed by atoms with Crippen LogP contribution >= 0.6 is 11.3 Å². The minimum absolute atomic E-state index is 0.0415. The molecule has 1 aromatic heterocycles. The van der Waals surface area contributed by atoms with Gasteiger partial charge in [0.2, 0.25) is 5.91 Å². The largest absolute Gasteiger partial charge is 0.350 e. The maximum Gasteiger partial charge on any atom is 0.229 e. The van der Waals surface area contributed by atoms with Crippen LogP contribution in [0, 0.1) is 18.2 Å². The van der Waals surface area contributed by atoms with Crippen LogP contribution in [0.3, 0.4) is 0 Å². The monoisotopic (exact) mass is 319 g/mol. The lowest BCUT2D eigenvalue weighted by Crippen LogP contribution is -2.62. The molecule has 6 heteroatoms. The molecule has 1 aliphatic heterocycles. The van der Waals surface area contributed by atoms with Crippen LogP contribution in [0.5, 0.6) is 0 Å². The van der Waals surface area contributed by atoms with Gasteiger partial charge in [-0.3, -0.25) is 4.79 Å². The molecule has 3 rings (SSSR count). The smallest absolute Gasteiger partial charge is 0.229 e. The van der Waals surface area contributed by atoms with Gasteiger partial charge in [0.25, 0.3) is 0 Å². The molecule has 0 aliphatic carbocycles. The SMILES string of the molecule is Cc1nc(CNC(=O)C2(Cc3ccccc3F)CNC2)cs1. The van der Waals surface area contributed by atoms with Crippen LogP contribution in [0.25, 0.3) is 0 Å². The molecule has 4 nitrogen and oxygen atoms in total. The fourth-order valence-corrected chi connectivity index (χ4v) is 3.26. The number of nitrogens with zero attached hydrogens (tertiary/aromatic N) is 1. The van der Waals surface area contributed by atoms with E-state index < -0.39 is 5.41 Å². The van der Waals surface area contributed by atoms with Gasteiger partial charge in [0, 0.05) is 18.5 Å². The molecule has 1 aromatic carbocycles. The summed E-state index contributed by atoms with van der Waals surface area (Å²) >= 11 is 1.56. The predicted molar refractivity (Wildman–Crippen MR) is 84.1 cm³/mol. The molecule has 0 unspecified atom stereocenters. The van der Waals surface area contributed by atoms with Crippen LogP contribution in [0.2, 0.25) is 0 Å². The summed E-state index contributed by atoms with van der Waals surface area (Å²) in [5.41, 5.74) is 0.889. The highest BCUT2D eigenvalue weighted by atomic mass is 32.1. The molecule has 116 valence electrons. The summed E-state index contributed by atoms with van der Waals surface area (Å²) in [5.74, 6) is -0.295. The molecule has 2 heterocycles. The molecule has 1 aliphatic rings. The van der Waals surface area contributed by atoms with Gasteiger partial charge >= 0.3 is 0 Å². The van der Waals surface area contributed by atoms with Crippen LogP contribution in [-0.4, -0.2) is 24.0 Å². The van der Waals surface area contributed by atoms with Crippen molar-refractivity contribution in [2.75, 3.05) is 13.1 Å². The minimum Gasteiger partial charge on any atom is -0.350 e. The highest BCUT2D eigenvalue weighted by Crippen LogP contribution is 2.29. The van der Waals surface area contributed by atoms with Gasteiger partial charge in [-0.2, -0.15) is 0 Å². The van der Waals surface area contributed by atoms with Crippen molar-refractivity contribution in [3.8, 4) is 0 Å². The fraction of sp³-hybridized carbons (Fsp3) is 0.375. The number of carbonyl (C=O) groups excluding carboxylic acids is 1. The number of aryl methyl sites for hydroxylation is 1. The van der Waals surface area contributed by atoms with Crippen molar-refractivity contribution < 1.29 is 9.18 Å². The van der Waals surface area contributed by atoms with Gasteiger partial charge < -0.3 is 10.6 Å². The van der Waals surface area contributed by atoms with Crippen LogP contribution in [0.1, 0.15) is 16.3 Å². The molecule has 0 radical (unpaired) electrons. The lowest BCUT2D eigenvalue weighted by atomic mass is 9.75. The fourth-order valence-electron chi connectivity index (χ4n) is 2.65. The van der Waals surface area contributed by atoms with E-state index in [1.54, 1.807) is 29.5 Å². The van der Waals surface area contributed by atoms with E-state index in [-0.39, 0.29) is 11.7 Å². The predicted octanol–water partition coefficient (Wildman–Crippen LogP) is 2.04. The lowest BCUT2D eigenvalue weighted by Gasteiger charge is -2.41. The molecule has 0 bridgehead atoms. The number of hydrogen-bond donors (Lipinski definition) is 2. The van der Waals surface area contributed by atoms with Crippen molar-refractivity contribution in [2.45, 2.75) is 19.9 Å². The summed E-state index contributed by atoms with van der Waals surface area (Å²) < 4.78 is 13.8. The molecular formula is C16H18FN3OS. The zero-order chi connectivity index (χ0) is 15.6. The number of nitrogens with one attached hydrogen (secondary N) is 2. The maximum atomic E-state index is 13.8. The number of halogens is 1. The molecule has 1 saturated heterocycles. The Morgan fingerprint density at radius 1 is 1.45 bits per heavy atom. The second-order valence-electron chi connectivity index (χ2n) is 5.69. The summed E-state index contributed by atoms with van der Waals surface area (Å²) in [6.07, 6.45) is 0.411. The van der Waals surface area contributed by atoms with Crippen molar-refractivity contribution in [1.29, 1.82) is 0 Å². The summed E-state index contributed by atoms with van der Waals surface area (Å²) in [4.78, 5) is 16.9. The maximum absolute atomic E-state index is 13.8. The number of aromatic nitrogens is 1. The zero-order valence-corrected chi connectivity index (χ0v) is 13.2. The molecule has 0 atom stereocenters. The van der Waals surface area contributed by atoms with Gasteiger partial charge in [-0.15, -0.1) is 11.3 Å². The third-order valence-corrected chi connectivity index (χ3v) is 4.81. The van der Waals surface area contributed by atoms with Crippen molar-refractivity contribution in [1.82, 2.24) is 15.6 Å². The van der Waals surface area contributed by atoms with E-state index >= 15 is 0 Å². The van der Waals surface area contributed by atoms with Gasteiger partial charge in [-0.05, 0) is 25.0 Å². The average Bonchev–Trinajstić information content (AvgIpc) is 2.88. The second-order valence-corrected chi connectivity index (χ2v) is 6.75.